The van der Waals surface area contributed by atoms with Crippen molar-refractivity contribution in [2.45, 2.75) is 26.2 Å². The van der Waals surface area contributed by atoms with E-state index in [1.807, 2.05) is 18.9 Å². The lowest BCUT2D eigenvalue weighted by molar-refractivity contribution is -0.137. The molecule has 0 bridgehead atoms. The molecule has 6 heteroatoms. The first-order chi connectivity index (χ1) is 8.30. The van der Waals surface area contributed by atoms with E-state index in [1.54, 1.807) is 18.3 Å². The van der Waals surface area contributed by atoms with Gasteiger partial charge in [0, 0.05) is 7.05 Å². The van der Waals surface area contributed by atoms with Crippen molar-refractivity contribution in [3.8, 4) is 0 Å². The minimum Gasteiger partial charge on any atom is -0.342 e. The van der Waals surface area contributed by atoms with Crippen LogP contribution in [0.5, 0.6) is 0 Å². The standard InChI is InChI=1S/C12H14F3N3/c1-8-6-10(12(13,14)15)4-5-11(8)18-9(2)17(3)7-16-18/h4-7,9H,1-3H3. The van der Waals surface area contributed by atoms with Gasteiger partial charge in [0.05, 0.1) is 11.3 Å². The Hall–Kier alpha value is -1.72. The molecule has 1 unspecified atom stereocenters. The molecule has 0 aromatic heterocycles. The van der Waals surface area contributed by atoms with Gasteiger partial charge in [-0.15, -0.1) is 0 Å². The highest BCUT2D eigenvalue weighted by Crippen LogP contribution is 2.33. The number of anilines is 1. The predicted molar refractivity (Wildman–Crippen MR) is 64.4 cm³/mol. The molecule has 1 aromatic rings. The zero-order chi connectivity index (χ0) is 13.5. The van der Waals surface area contributed by atoms with Gasteiger partial charge in [0.2, 0.25) is 0 Å². The van der Waals surface area contributed by atoms with E-state index in [0.29, 0.717) is 11.3 Å². The first kappa shape index (κ1) is 12.7. The summed E-state index contributed by atoms with van der Waals surface area (Å²) >= 11 is 0. The van der Waals surface area contributed by atoms with E-state index in [-0.39, 0.29) is 6.17 Å². The van der Waals surface area contributed by atoms with Gasteiger partial charge in [0.25, 0.3) is 0 Å². The normalized spacial score (nSPS) is 19.8. The third-order valence-electron chi connectivity index (χ3n) is 3.07. The van der Waals surface area contributed by atoms with Gasteiger partial charge in [-0.3, -0.25) is 0 Å². The highest BCUT2D eigenvalue weighted by molar-refractivity contribution is 5.65. The van der Waals surface area contributed by atoms with Crippen LogP contribution in [0.4, 0.5) is 18.9 Å². The average Bonchev–Trinajstić information content (AvgIpc) is 2.59. The summed E-state index contributed by atoms with van der Waals surface area (Å²) in [5, 5.41) is 5.88. The number of benzene rings is 1. The largest absolute Gasteiger partial charge is 0.416 e. The predicted octanol–water partition coefficient (Wildman–Crippen LogP) is 3.05. The summed E-state index contributed by atoms with van der Waals surface area (Å²) < 4.78 is 37.7. The van der Waals surface area contributed by atoms with Gasteiger partial charge in [-0.25, -0.2) is 5.01 Å². The van der Waals surface area contributed by atoms with Crippen molar-refractivity contribution >= 4 is 12.0 Å². The SMILES string of the molecule is Cc1cc(C(F)(F)F)ccc1N1N=CN(C)C1C. The first-order valence-electron chi connectivity index (χ1n) is 5.54. The molecule has 1 aliphatic rings. The van der Waals surface area contributed by atoms with E-state index >= 15 is 0 Å². The van der Waals surface area contributed by atoms with E-state index in [1.165, 1.54) is 6.07 Å². The van der Waals surface area contributed by atoms with Gasteiger partial charge in [-0.05, 0) is 37.6 Å². The first-order valence-corrected chi connectivity index (χ1v) is 5.54. The Morgan fingerprint density at radius 1 is 1.28 bits per heavy atom. The highest BCUT2D eigenvalue weighted by atomic mass is 19.4. The van der Waals surface area contributed by atoms with E-state index in [2.05, 4.69) is 5.10 Å². The molecule has 1 atom stereocenters. The quantitative estimate of drug-likeness (QED) is 0.770. The number of alkyl halides is 3. The fourth-order valence-corrected chi connectivity index (χ4v) is 1.85. The third-order valence-corrected chi connectivity index (χ3v) is 3.07. The summed E-state index contributed by atoms with van der Waals surface area (Å²) in [5.74, 6) is 0. The van der Waals surface area contributed by atoms with Crippen LogP contribution in [0, 0.1) is 6.92 Å². The molecule has 0 aliphatic carbocycles. The number of rotatable bonds is 1. The molecule has 0 radical (unpaired) electrons. The molecular formula is C12H14F3N3. The van der Waals surface area contributed by atoms with Crippen LogP contribution in [0.1, 0.15) is 18.1 Å². The number of hydrogen-bond donors (Lipinski definition) is 0. The lowest BCUT2D eigenvalue weighted by atomic mass is 10.1. The van der Waals surface area contributed by atoms with E-state index in [9.17, 15) is 13.2 Å². The minimum atomic E-state index is -4.31. The van der Waals surface area contributed by atoms with Crippen LogP contribution < -0.4 is 5.01 Å². The fourth-order valence-electron chi connectivity index (χ4n) is 1.85. The Morgan fingerprint density at radius 2 is 1.94 bits per heavy atom. The molecular weight excluding hydrogens is 243 g/mol. The molecule has 0 spiro atoms. The van der Waals surface area contributed by atoms with Gasteiger partial charge >= 0.3 is 6.18 Å². The number of hydrogen-bond acceptors (Lipinski definition) is 3. The number of nitrogens with zero attached hydrogens (tertiary/aromatic N) is 3. The molecule has 3 nitrogen and oxygen atoms in total. The van der Waals surface area contributed by atoms with Gasteiger partial charge in [0.1, 0.15) is 12.5 Å². The molecule has 1 heterocycles. The van der Waals surface area contributed by atoms with Gasteiger partial charge in [0.15, 0.2) is 0 Å². The van der Waals surface area contributed by atoms with Crippen molar-refractivity contribution in [2.24, 2.45) is 5.10 Å². The van der Waals surface area contributed by atoms with Crippen LogP contribution in [0.3, 0.4) is 0 Å². The number of halogens is 3. The summed E-state index contributed by atoms with van der Waals surface area (Å²) in [6, 6.07) is 3.70. The highest BCUT2D eigenvalue weighted by Gasteiger charge is 2.31. The van der Waals surface area contributed by atoms with Gasteiger partial charge in [-0.1, -0.05) is 0 Å². The molecule has 98 valence electrons. The summed E-state index contributed by atoms with van der Waals surface area (Å²) in [6.07, 6.45) is -2.65. The van der Waals surface area contributed by atoms with E-state index in [4.69, 9.17) is 0 Å². The van der Waals surface area contributed by atoms with E-state index < -0.39 is 11.7 Å². The maximum absolute atomic E-state index is 12.6. The molecule has 0 saturated heterocycles. The summed E-state index contributed by atoms with van der Waals surface area (Å²) in [4.78, 5) is 1.89. The van der Waals surface area contributed by atoms with Crippen LogP contribution >= 0.6 is 0 Å². The lowest BCUT2D eigenvalue weighted by Gasteiger charge is -2.26. The number of hydrazone groups is 1. The molecule has 1 aliphatic heterocycles. The lowest BCUT2D eigenvalue weighted by Crippen LogP contribution is -2.34. The van der Waals surface area contributed by atoms with Crippen molar-refractivity contribution in [1.29, 1.82) is 0 Å². The topological polar surface area (TPSA) is 18.8 Å². The molecule has 0 fully saturated rings. The van der Waals surface area contributed by atoms with Gasteiger partial charge in [-0.2, -0.15) is 18.3 Å². The van der Waals surface area contributed by atoms with Crippen LogP contribution in [0.25, 0.3) is 0 Å². The second-order valence-corrected chi connectivity index (χ2v) is 4.37. The van der Waals surface area contributed by atoms with E-state index in [0.717, 1.165) is 12.1 Å². The average molecular weight is 257 g/mol. The smallest absolute Gasteiger partial charge is 0.342 e. The van der Waals surface area contributed by atoms with Crippen LogP contribution in [0.2, 0.25) is 0 Å². The Kier molecular flexibility index (Phi) is 2.96. The minimum absolute atomic E-state index is 0.000404. The Labute approximate surface area is 103 Å². The van der Waals surface area contributed by atoms with Gasteiger partial charge < -0.3 is 4.90 Å². The molecule has 0 amide bonds. The zero-order valence-electron chi connectivity index (χ0n) is 10.4. The third kappa shape index (κ3) is 2.14. The summed E-state index contributed by atoms with van der Waals surface area (Å²) in [6.45, 7) is 3.59. The Morgan fingerprint density at radius 3 is 2.39 bits per heavy atom. The molecule has 2 rings (SSSR count). The zero-order valence-corrected chi connectivity index (χ0v) is 10.4. The maximum atomic E-state index is 12.6. The second-order valence-electron chi connectivity index (χ2n) is 4.37. The fraction of sp³-hybridized carbons (Fsp3) is 0.417. The van der Waals surface area contributed by atoms with Crippen LogP contribution in [-0.2, 0) is 6.18 Å². The van der Waals surface area contributed by atoms with Crippen LogP contribution in [0.15, 0.2) is 23.3 Å². The Balaban J connectivity index is 2.34. The summed E-state index contributed by atoms with van der Waals surface area (Å²) in [7, 11) is 1.87. The van der Waals surface area contributed by atoms with Crippen LogP contribution in [-0.4, -0.2) is 24.5 Å². The van der Waals surface area contributed by atoms with Crippen molar-refractivity contribution in [2.75, 3.05) is 12.1 Å². The number of aryl methyl sites for hydroxylation is 1. The van der Waals surface area contributed by atoms with Crippen molar-refractivity contribution in [3.05, 3.63) is 29.3 Å². The van der Waals surface area contributed by atoms with Crippen molar-refractivity contribution < 1.29 is 13.2 Å². The molecule has 1 aromatic carbocycles. The molecule has 0 saturated carbocycles. The summed E-state index contributed by atoms with van der Waals surface area (Å²) in [5.41, 5.74) is 0.619. The second kappa shape index (κ2) is 4.19. The Bertz CT molecular complexity index is 482. The monoisotopic (exact) mass is 257 g/mol. The van der Waals surface area contributed by atoms with Crippen molar-refractivity contribution in [3.63, 3.8) is 0 Å². The molecule has 18 heavy (non-hydrogen) atoms. The maximum Gasteiger partial charge on any atom is 0.416 e. The molecule has 0 N–H and O–H groups in total. The van der Waals surface area contributed by atoms with Crippen molar-refractivity contribution in [1.82, 2.24) is 4.90 Å².